The highest BCUT2D eigenvalue weighted by atomic mass is 16.3. The Labute approximate surface area is 133 Å². The molecule has 1 atom stereocenters. The summed E-state index contributed by atoms with van der Waals surface area (Å²) >= 11 is 0. The molecule has 0 saturated heterocycles. The van der Waals surface area contributed by atoms with E-state index in [0.29, 0.717) is 11.6 Å². The van der Waals surface area contributed by atoms with Crippen LogP contribution < -0.4 is 10.6 Å². The van der Waals surface area contributed by atoms with Crippen molar-refractivity contribution >= 4 is 17.5 Å². The average Bonchev–Trinajstić information content (AvgIpc) is 3.12. The van der Waals surface area contributed by atoms with Gasteiger partial charge in [-0.15, -0.1) is 10.2 Å². The van der Waals surface area contributed by atoms with Gasteiger partial charge in [0.2, 0.25) is 0 Å². The van der Waals surface area contributed by atoms with Crippen molar-refractivity contribution in [2.45, 2.75) is 13.0 Å². The molecule has 0 fully saturated rings. The van der Waals surface area contributed by atoms with Gasteiger partial charge in [-0.1, -0.05) is 30.3 Å². The largest absolute Gasteiger partial charge is 0.459 e. The fourth-order valence-electron chi connectivity index (χ4n) is 2.11. The third-order valence-corrected chi connectivity index (χ3v) is 3.32. The third-order valence-electron chi connectivity index (χ3n) is 3.32. The van der Waals surface area contributed by atoms with Gasteiger partial charge in [-0.25, -0.2) is 0 Å². The van der Waals surface area contributed by atoms with Gasteiger partial charge in [0.15, 0.2) is 11.6 Å². The van der Waals surface area contributed by atoms with Crippen LogP contribution in [0.15, 0.2) is 65.3 Å². The van der Waals surface area contributed by atoms with Crippen molar-refractivity contribution < 1.29 is 9.21 Å². The summed E-state index contributed by atoms with van der Waals surface area (Å²) in [5, 5.41) is 13.9. The van der Waals surface area contributed by atoms with Crippen LogP contribution in [0.2, 0.25) is 0 Å². The molecule has 1 aromatic carbocycles. The number of carbonyl (C=O) groups is 1. The van der Waals surface area contributed by atoms with E-state index in [2.05, 4.69) is 20.8 Å². The minimum Gasteiger partial charge on any atom is -0.459 e. The lowest BCUT2D eigenvalue weighted by atomic mass is 10.1. The molecule has 6 nitrogen and oxygen atoms in total. The highest BCUT2D eigenvalue weighted by molar-refractivity contribution is 6.01. The molecule has 0 saturated carbocycles. The molecule has 0 aliphatic rings. The van der Waals surface area contributed by atoms with Crippen LogP contribution in [0.1, 0.15) is 29.1 Å². The topological polar surface area (TPSA) is 80.0 Å². The number of amides is 1. The van der Waals surface area contributed by atoms with E-state index in [1.165, 1.54) is 6.26 Å². The standard InChI is InChI=1S/C17H16N4O2/c1-12(13-6-3-2-4-7-13)18-15-9-10-16(21-20-15)19-17(22)14-8-5-11-23-14/h2-12H,1H3,(H,18,20)(H,19,21,22). The highest BCUT2D eigenvalue weighted by Gasteiger charge is 2.10. The molecule has 116 valence electrons. The van der Waals surface area contributed by atoms with Gasteiger partial charge in [0.25, 0.3) is 5.91 Å². The van der Waals surface area contributed by atoms with Crippen LogP contribution in [0, 0.1) is 0 Å². The van der Waals surface area contributed by atoms with Gasteiger partial charge in [0.1, 0.15) is 5.82 Å². The zero-order chi connectivity index (χ0) is 16.1. The molecule has 3 rings (SSSR count). The summed E-state index contributed by atoms with van der Waals surface area (Å²) in [5.41, 5.74) is 1.16. The van der Waals surface area contributed by atoms with E-state index in [9.17, 15) is 4.79 Å². The van der Waals surface area contributed by atoms with E-state index in [1.807, 2.05) is 37.3 Å². The molecule has 0 aliphatic heterocycles. The Morgan fingerprint density at radius 1 is 1.00 bits per heavy atom. The number of nitrogens with zero attached hydrogens (tertiary/aromatic N) is 2. The quantitative estimate of drug-likeness (QED) is 0.754. The van der Waals surface area contributed by atoms with E-state index >= 15 is 0 Å². The summed E-state index contributed by atoms with van der Waals surface area (Å²) in [7, 11) is 0. The molecule has 3 aromatic rings. The molecule has 0 spiro atoms. The number of nitrogens with one attached hydrogen (secondary N) is 2. The lowest BCUT2D eigenvalue weighted by Crippen LogP contribution is -2.13. The summed E-state index contributed by atoms with van der Waals surface area (Å²) in [5.74, 6) is 0.871. The highest BCUT2D eigenvalue weighted by Crippen LogP contribution is 2.17. The molecule has 6 heteroatoms. The maximum absolute atomic E-state index is 11.8. The summed E-state index contributed by atoms with van der Waals surface area (Å²) in [6, 6.07) is 16.9. The maximum Gasteiger partial charge on any atom is 0.292 e. The first kappa shape index (κ1) is 14.8. The van der Waals surface area contributed by atoms with Gasteiger partial charge in [0.05, 0.1) is 6.26 Å². The third kappa shape index (κ3) is 3.74. The van der Waals surface area contributed by atoms with Crippen molar-refractivity contribution in [3.05, 3.63) is 72.2 Å². The molecule has 2 heterocycles. The van der Waals surface area contributed by atoms with Crippen LogP contribution in [0.3, 0.4) is 0 Å². The Kier molecular flexibility index (Phi) is 4.33. The van der Waals surface area contributed by atoms with Crippen LogP contribution in [-0.4, -0.2) is 16.1 Å². The summed E-state index contributed by atoms with van der Waals surface area (Å²) in [6.45, 7) is 2.05. The minimum absolute atomic E-state index is 0.106. The molecular weight excluding hydrogens is 292 g/mol. The number of aromatic nitrogens is 2. The Morgan fingerprint density at radius 3 is 2.39 bits per heavy atom. The van der Waals surface area contributed by atoms with Crippen molar-refractivity contribution in [2.24, 2.45) is 0 Å². The Hall–Kier alpha value is -3.15. The van der Waals surface area contributed by atoms with Gasteiger partial charge in [-0.2, -0.15) is 0 Å². The van der Waals surface area contributed by atoms with Crippen LogP contribution in [0.5, 0.6) is 0 Å². The van der Waals surface area contributed by atoms with Crippen molar-refractivity contribution in [3.63, 3.8) is 0 Å². The molecule has 0 radical (unpaired) electrons. The number of furan rings is 1. The predicted molar refractivity (Wildman–Crippen MR) is 87.2 cm³/mol. The van der Waals surface area contributed by atoms with Crippen LogP contribution in [0.25, 0.3) is 0 Å². The Morgan fingerprint density at radius 2 is 1.74 bits per heavy atom. The lowest BCUT2D eigenvalue weighted by molar-refractivity contribution is 0.0996. The van der Waals surface area contributed by atoms with E-state index in [0.717, 1.165) is 5.56 Å². The molecule has 2 aromatic heterocycles. The Balaban J connectivity index is 1.62. The second kappa shape index (κ2) is 6.74. The van der Waals surface area contributed by atoms with E-state index in [4.69, 9.17) is 4.42 Å². The number of carbonyl (C=O) groups excluding carboxylic acids is 1. The SMILES string of the molecule is CC(Nc1ccc(NC(=O)c2ccco2)nn1)c1ccccc1. The van der Waals surface area contributed by atoms with Crippen molar-refractivity contribution in [2.75, 3.05) is 10.6 Å². The van der Waals surface area contributed by atoms with Gasteiger partial charge in [-0.3, -0.25) is 4.79 Å². The van der Waals surface area contributed by atoms with Crippen molar-refractivity contribution in [1.82, 2.24) is 10.2 Å². The fourth-order valence-corrected chi connectivity index (χ4v) is 2.11. The van der Waals surface area contributed by atoms with Crippen molar-refractivity contribution in [3.8, 4) is 0 Å². The van der Waals surface area contributed by atoms with Crippen LogP contribution >= 0.6 is 0 Å². The van der Waals surface area contributed by atoms with E-state index in [1.54, 1.807) is 24.3 Å². The fraction of sp³-hybridized carbons (Fsp3) is 0.118. The zero-order valence-electron chi connectivity index (χ0n) is 12.6. The Bertz CT molecular complexity index is 755. The first-order chi connectivity index (χ1) is 11.2. The number of hydrogen-bond acceptors (Lipinski definition) is 5. The molecule has 0 bridgehead atoms. The first-order valence-corrected chi connectivity index (χ1v) is 7.22. The van der Waals surface area contributed by atoms with Crippen molar-refractivity contribution in [1.29, 1.82) is 0 Å². The second-order valence-corrected chi connectivity index (χ2v) is 5.01. The van der Waals surface area contributed by atoms with Crippen LogP contribution in [-0.2, 0) is 0 Å². The smallest absolute Gasteiger partial charge is 0.292 e. The molecule has 2 N–H and O–H groups in total. The normalized spacial score (nSPS) is 11.7. The number of benzene rings is 1. The van der Waals surface area contributed by atoms with Gasteiger partial charge in [-0.05, 0) is 36.8 Å². The predicted octanol–water partition coefficient (Wildman–Crippen LogP) is 3.50. The number of hydrogen-bond donors (Lipinski definition) is 2. The van der Waals surface area contributed by atoms with E-state index in [-0.39, 0.29) is 17.7 Å². The molecular formula is C17H16N4O2. The van der Waals surface area contributed by atoms with Gasteiger partial charge < -0.3 is 15.1 Å². The average molecular weight is 308 g/mol. The van der Waals surface area contributed by atoms with Gasteiger partial charge in [0, 0.05) is 6.04 Å². The summed E-state index contributed by atoms with van der Waals surface area (Å²) < 4.78 is 5.02. The van der Waals surface area contributed by atoms with Crippen LogP contribution in [0.4, 0.5) is 11.6 Å². The number of anilines is 2. The van der Waals surface area contributed by atoms with Gasteiger partial charge >= 0.3 is 0 Å². The summed E-state index contributed by atoms with van der Waals surface area (Å²) in [6.07, 6.45) is 1.44. The molecule has 0 aliphatic carbocycles. The zero-order valence-corrected chi connectivity index (χ0v) is 12.6. The second-order valence-electron chi connectivity index (χ2n) is 5.01. The molecule has 23 heavy (non-hydrogen) atoms. The monoisotopic (exact) mass is 308 g/mol. The molecule has 1 unspecified atom stereocenters. The molecule has 1 amide bonds. The minimum atomic E-state index is -0.359. The number of rotatable bonds is 5. The van der Waals surface area contributed by atoms with E-state index < -0.39 is 0 Å². The maximum atomic E-state index is 11.8. The summed E-state index contributed by atoms with van der Waals surface area (Å²) in [4.78, 5) is 11.8. The lowest BCUT2D eigenvalue weighted by Gasteiger charge is -2.14. The first-order valence-electron chi connectivity index (χ1n) is 7.22.